The predicted octanol–water partition coefficient (Wildman–Crippen LogP) is 2.41. The van der Waals surface area contributed by atoms with Gasteiger partial charge < -0.3 is 4.79 Å². The van der Waals surface area contributed by atoms with Gasteiger partial charge in [0, 0.05) is 0 Å². The molecule has 0 aromatic rings. The summed E-state index contributed by atoms with van der Waals surface area (Å²) < 4.78 is 59.5. The van der Waals surface area contributed by atoms with Gasteiger partial charge in [-0.1, -0.05) is 0 Å². The van der Waals surface area contributed by atoms with Gasteiger partial charge in [0.25, 0.3) is 0 Å². The van der Waals surface area contributed by atoms with Crippen molar-refractivity contribution in [2.45, 2.75) is 25.9 Å². The van der Waals surface area contributed by atoms with E-state index in [4.69, 9.17) is 0 Å². The molecule has 0 aliphatic carbocycles. The Hall–Kier alpha value is -0.680. The fourth-order valence-corrected chi connectivity index (χ4v) is 0.439. The van der Waals surface area contributed by atoms with E-state index in [1.54, 1.807) is 0 Å². The second kappa shape index (κ2) is 2.67. The zero-order chi connectivity index (χ0) is 10.2. The molecule has 0 amide bonds. The van der Waals surface area contributed by atoms with Crippen LogP contribution in [0.1, 0.15) is 13.8 Å². The summed E-state index contributed by atoms with van der Waals surface area (Å²) in [7, 11) is 0. The van der Waals surface area contributed by atoms with Crippen LogP contribution in [0.3, 0.4) is 0 Å². The first kappa shape index (κ1) is 11.3. The fraction of sp³-hybridized carbons (Fsp3) is 0.833. The van der Waals surface area contributed by atoms with E-state index in [0.29, 0.717) is 13.8 Å². The largest absolute Gasteiger partial charge is 0.454 e. The summed E-state index contributed by atoms with van der Waals surface area (Å²) in [6, 6.07) is 0. The highest BCUT2D eigenvalue weighted by Gasteiger charge is 2.66. The number of aldehydes is 1. The average Bonchev–Trinajstić information content (AvgIpc) is 1.85. The van der Waals surface area contributed by atoms with Crippen molar-refractivity contribution < 1.29 is 26.7 Å². The molecule has 0 heterocycles. The first-order valence-corrected chi connectivity index (χ1v) is 2.97. The van der Waals surface area contributed by atoms with Crippen molar-refractivity contribution in [3.05, 3.63) is 0 Å². The maximum Gasteiger partial charge on any atom is 0.454 e. The average molecular weight is 190 g/mol. The number of alkyl halides is 5. The van der Waals surface area contributed by atoms with Crippen molar-refractivity contribution in [3.8, 4) is 0 Å². The molecule has 0 saturated heterocycles. The molecular formula is C6H7F5O. The predicted molar refractivity (Wildman–Crippen MR) is 30.8 cm³/mol. The molecule has 0 saturated carbocycles. The summed E-state index contributed by atoms with van der Waals surface area (Å²) in [5, 5.41) is 0. The van der Waals surface area contributed by atoms with E-state index in [1.807, 2.05) is 0 Å². The van der Waals surface area contributed by atoms with Gasteiger partial charge in [-0.3, -0.25) is 0 Å². The number of halogens is 5. The summed E-state index contributed by atoms with van der Waals surface area (Å²) in [6.45, 7) is 1.07. The Balaban J connectivity index is 4.97. The van der Waals surface area contributed by atoms with Crippen LogP contribution >= 0.6 is 0 Å². The van der Waals surface area contributed by atoms with E-state index in [1.165, 1.54) is 0 Å². The lowest BCUT2D eigenvalue weighted by molar-refractivity contribution is -0.312. The molecule has 0 atom stereocenters. The van der Waals surface area contributed by atoms with Crippen LogP contribution in [0.2, 0.25) is 0 Å². The molecule has 0 spiro atoms. The Labute approximate surface area is 65.6 Å². The molecule has 0 aromatic carbocycles. The van der Waals surface area contributed by atoms with Crippen LogP contribution in [0.4, 0.5) is 22.0 Å². The van der Waals surface area contributed by atoms with E-state index in [2.05, 4.69) is 0 Å². The number of rotatable bonds is 2. The molecule has 0 unspecified atom stereocenters. The first-order valence-electron chi connectivity index (χ1n) is 2.97. The van der Waals surface area contributed by atoms with Gasteiger partial charge in [0.1, 0.15) is 6.29 Å². The summed E-state index contributed by atoms with van der Waals surface area (Å²) in [6.07, 6.45) is -6.09. The quantitative estimate of drug-likeness (QED) is 0.482. The number of hydrogen-bond acceptors (Lipinski definition) is 1. The van der Waals surface area contributed by atoms with Crippen LogP contribution in [-0.4, -0.2) is 18.4 Å². The minimum Gasteiger partial charge on any atom is -0.303 e. The third-order valence-electron chi connectivity index (χ3n) is 1.46. The van der Waals surface area contributed by atoms with E-state index in [9.17, 15) is 26.7 Å². The highest BCUT2D eigenvalue weighted by Crippen LogP contribution is 2.46. The fourth-order valence-electron chi connectivity index (χ4n) is 0.439. The lowest BCUT2D eigenvalue weighted by Crippen LogP contribution is -2.49. The highest BCUT2D eigenvalue weighted by molar-refractivity contribution is 5.60. The third kappa shape index (κ3) is 1.56. The van der Waals surface area contributed by atoms with Gasteiger partial charge in [-0.2, -0.15) is 22.0 Å². The van der Waals surface area contributed by atoms with E-state index >= 15 is 0 Å². The van der Waals surface area contributed by atoms with Crippen LogP contribution in [0.15, 0.2) is 0 Å². The van der Waals surface area contributed by atoms with Crippen LogP contribution < -0.4 is 0 Å². The highest BCUT2D eigenvalue weighted by atomic mass is 19.4. The molecule has 72 valence electrons. The zero-order valence-corrected chi connectivity index (χ0v) is 6.38. The minimum absolute atomic E-state index is 0.402. The second-order valence-electron chi connectivity index (χ2n) is 2.91. The molecular weight excluding hydrogens is 183 g/mol. The van der Waals surface area contributed by atoms with E-state index in [-0.39, 0.29) is 0 Å². The summed E-state index contributed by atoms with van der Waals surface area (Å²) in [4.78, 5) is 9.94. The Morgan fingerprint density at radius 3 is 1.42 bits per heavy atom. The van der Waals surface area contributed by atoms with Crippen molar-refractivity contribution in [3.63, 3.8) is 0 Å². The van der Waals surface area contributed by atoms with Crippen molar-refractivity contribution in [1.29, 1.82) is 0 Å². The molecule has 0 rings (SSSR count). The standard InChI is InChI=1S/C6H7F5O/c1-4(2,3-12)5(7,8)6(9,10)11/h3H,1-2H3. The molecule has 0 bridgehead atoms. The molecule has 1 nitrogen and oxygen atoms in total. The second-order valence-corrected chi connectivity index (χ2v) is 2.91. The first-order chi connectivity index (χ1) is 5.06. The number of hydrogen-bond donors (Lipinski definition) is 0. The van der Waals surface area contributed by atoms with Gasteiger partial charge in [0.2, 0.25) is 0 Å². The molecule has 0 fully saturated rings. The van der Waals surface area contributed by atoms with Gasteiger partial charge in [-0.25, -0.2) is 0 Å². The summed E-state index contributed by atoms with van der Waals surface area (Å²) in [5.41, 5.74) is -2.72. The molecule has 0 aromatic heterocycles. The maximum absolute atomic E-state index is 12.4. The maximum atomic E-state index is 12.4. The van der Waals surface area contributed by atoms with Gasteiger partial charge in [0.05, 0.1) is 5.41 Å². The van der Waals surface area contributed by atoms with E-state index < -0.39 is 23.8 Å². The monoisotopic (exact) mass is 190 g/mol. The van der Waals surface area contributed by atoms with E-state index in [0.717, 1.165) is 0 Å². The summed E-state index contributed by atoms with van der Waals surface area (Å²) in [5.74, 6) is -4.98. The lowest BCUT2D eigenvalue weighted by Gasteiger charge is -2.30. The lowest BCUT2D eigenvalue weighted by atomic mass is 9.87. The van der Waals surface area contributed by atoms with Gasteiger partial charge in [0.15, 0.2) is 0 Å². The van der Waals surface area contributed by atoms with Crippen molar-refractivity contribution >= 4 is 6.29 Å². The van der Waals surface area contributed by atoms with Crippen LogP contribution in [-0.2, 0) is 4.79 Å². The SMILES string of the molecule is CC(C)(C=O)C(F)(F)C(F)(F)F. The van der Waals surface area contributed by atoms with Crippen molar-refractivity contribution in [1.82, 2.24) is 0 Å². The molecule has 0 aliphatic heterocycles. The van der Waals surface area contributed by atoms with Gasteiger partial charge in [-0.05, 0) is 13.8 Å². The molecule has 0 aliphatic rings. The van der Waals surface area contributed by atoms with Crippen molar-refractivity contribution in [2.75, 3.05) is 0 Å². The molecule has 0 N–H and O–H groups in total. The van der Waals surface area contributed by atoms with Crippen molar-refractivity contribution in [2.24, 2.45) is 5.41 Å². The Morgan fingerprint density at radius 2 is 1.33 bits per heavy atom. The topological polar surface area (TPSA) is 17.1 Å². The zero-order valence-electron chi connectivity index (χ0n) is 6.38. The van der Waals surface area contributed by atoms with Crippen LogP contribution in [0.5, 0.6) is 0 Å². The smallest absolute Gasteiger partial charge is 0.303 e. The third-order valence-corrected chi connectivity index (χ3v) is 1.46. The normalized spacial score (nSPS) is 14.6. The van der Waals surface area contributed by atoms with Crippen LogP contribution in [0, 0.1) is 5.41 Å². The Bertz CT molecular complexity index is 181. The van der Waals surface area contributed by atoms with Gasteiger partial charge >= 0.3 is 12.1 Å². The Kier molecular flexibility index (Phi) is 2.52. The summed E-state index contributed by atoms with van der Waals surface area (Å²) >= 11 is 0. The molecule has 6 heteroatoms. The Morgan fingerprint density at radius 1 is 1.00 bits per heavy atom. The number of carbonyl (C=O) groups excluding carboxylic acids is 1. The number of carbonyl (C=O) groups is 1. The molecule has 0 radical (unpaired) electrons. The van der Waals surface area contributed by atoms with Crippen LogP contribution in [0.25, 0.3) is 0 Å². The van der Waals surface area contributed by atoms with Gasteiger partial charge in [-0.15, -0.1) is 0 Å². The molecule has 12 heavy (non-hydrogen) atoms. The minimum atomic E-state index is -5.68.